The number of Topliss-reactive ketones (excluding diaryl/α,β-unsaturated/α-hetero) is 1. The van der Waals surface area contributed by atoms with Crippen LogP contribution in [0.3, 0.4) is 0 Å². The van der Waals surface area contributed by atoms with Crippen molar-refractivity contribution in [2.45, 2.75) is 31.8 Å². The number of aliphatic hydroxyl groups excluding tert-OH is 2. The van der Waals surface area contributed by atoms with Gasteiger partial charge in [-0.25, -0.2) is 0 Å². The number of halogens is 3. The summed E-state index contributed by atoms with van der Waals surface area (Å²) in [4.78, 5) is 12.0. The summed E-state index contributed by atoms with van der Waals surface area (Å²) in [5.41, 5.74) is 1.15. The third-order valence-electron chi connectivity index (χ3n) is 4.01. The molecule has 1 aliphatic rings. The minimum atomic E-state index is -0.780. The average Bonchev–Trinajstić information content (AvgIpc) is 2.96. The molecular formula is C15H14BrCl2NO4. The number of fused-ring (bicyclic) bond motifs is 1. The monoisotopic (exact) mass is 421 g/mol. The molecule has 23 heavy (non-hydrogen) atoms. The van der Waals surface area contributed by atoms with Crippen LogP contribution in [0.1, 0.15) is 29.9 Å². The number of nitrogens with zero attached hydrogens (tertiary/aromatic N) is 1. The van der Waals surface area contributed by atoms with Crippen LogP contribution in [0.5, 0.6) is 0 Å². The predicted molar refractivity (Wildman–Crippen MR) is 91.3 cm³/mol. The number of benzene rings is 1. The fourth-order valence-electron chi connectivity index (χ4n) is 2.93. The Hall–Kier alpha value is -0.630. The van der Waals surface area contributed by atoms with E-state index in [0.717, 1.165) is 0 Å². The van der Waals surface area contributed by atoms with E-state index in [9.17, 15) is 15.0 Å². The summed E-state index contributed by atoms with van der Waals surface area (Å²) in [6.45, 7) is 1.19. The van der Waals surface area contributed by atoms with Crippen molar-refractivity contribution in [3.63, 3.8) is 0 Å². The summed E-state index contributed by atoms with van der Waals surface area (Å²) in [6, 6.07) is 3.31. The van der Waals surface area contributed by atoms with Crippen LogP contribution < -0.4 is 0 Å². The highest BCUT2D eigenvalue weighted by atomic mass is 79.9. The van der Waals surface area contributed by atoms with Crippen LogP contribution in [0.4, 0.5) is 0 Å². The molecule has 2 aromatic rings. The summed E-state index contributed by atoms with van der Waals surface area (Å²) in [7, 11) is 0. The molecule has 8 heteroatoms. The van der Waals surface area contributed by atoms with Crippen molar-refractivity contribution in [2.24, 2.45) is 0 Å². The Morgan fingerprint density at radius 1 is 1.43 bits per heavy atom. The highest BCUT2D eigenvalue weighted by Gasteiger charge is 2.37. The van der Waals surface area contributed by atoms with E-state index < -0.39 is 18.4 Å². The van der Waals surface area contributed by atoms with Gasteiger partial charge in [-0.15, -0.1) is 0 Å². The topological polar surface area (TPSA) is 71.7 Å². The van der Waals surface area contributed by atoms with Crippen molar-refractivity contribution in [3.8, 4) is 0 Å². The molecular weight excluding hydrogens is 409 g/mol. The van der Waals surface area contributed by atoms with Gasteiger partial charge in [0, 0.05) is 11.8 Å². The number of rotatable bonds is 3. The van der Waals surface area contributed by atoms with E-state index >= 15 is 0 Å². The van der Waals surface area contributed by atoms with Gasteiger partial charge in [0.05, 0.1) is 38.4 Å². The molecule has 0 aliphatic carbocycles. The molecule has 3 rings (SSSR count). The molecule has 1 aromatic heterocycles. The second kappa shape index (κ2) is 6.35. The maximum atomic E-state index is 12.0. The highest BCUT2D eigenvalue weighted by molar-refractivity contribution is 9.10. The number of aromatic nitrogens is 1. The van der Waals surface area contributed by atoms with Crippen LogP contribution in [0, 0.1) is 0 Å². The summed E-state index contributed by atoms with van der Waals surface area (Å²) in [5.74, 6) is -0.128. The van der Waals surface area contributed by atoms with Gasteiger partial charge in [0.1, 0.15) is 12.3 Å². The number of carbonyl (C=O) groups excluding carboxylic acids is 1. The Bertz CT molecular complexity index is 792. The molecule has 0 bridgehead atoms. The van der Waals surface area contributed by atoms with E-state index in [0.29, 0.717) is 37.5 Å². The van der Waals surface area contributed by atoms with Gasteiger partial charge in [0.15, 0.2) is 5.78 Å². The van der Waals surface area contributed by atoms with E-state index in [2.05, 4.69) is 15.9 Å². The molecule has 0 amide bonds. The molecule has 1 aliphatic heterocycles. The first kappa shape index (κ1) is 17.2. The van der Waals surface area contributed by atoms with E-state index in [4.69, 9.17) is 27.9 Å². The van der Waals surface area contributed by atoms with Crippen molar-refractivity contribution in [3.05, 3.63) is 32.3 Å². The van der Waals surface area contributed by atoms with Crippen LogP contribution in [-0.2, 0) is 4.74 Å². The van der Waals surface area contributed by atoms with Gasteiger partial charge in [-0.2, -0.15) is 0 Å². The molecule has 2 heterocycles. The zero-order chi connectivity index (χ0) is 16.9. The third kappa shape index (κ3) is 2.81. The van der Waals surface area contributed by atoms with Gasteiger partial charge in [-0.3, -0.25) is 4.79 Å². The molecule has 124 valence electrons. The van der Waals surface area contributed by atoms with Gasteiger partial charge in [-0.05, 0) is 35.0 Å². The first-order chi connectivity index (χ1) is 10.8. The number of aliphatic hydroxyl groups is 2. The number of ether oxygens (including phenoxy) is 1. The quantitative estimate of drug-likeness (QED) is 0.742. The normalized spacial score (nSPS) is 24.5. The standard InChI is InChI=1S/C15H14BrCl2NO4/c1-6(21)14-7-2-8(17)9(18)3-10(7)19(15(14)16)13-4-11(22)12(5-20)23-13/h2-3,11-13,20,22H,4-5H2,1H3/t11?,12-,13-/m1/s1. The molecule has 5 nitrogen and oxygen atoms in total. The lowest BCUT2D eigenvalue weighted by atomic mass is 10.1. The van der Waals surface area contributed by atoms with Crippen LogP contribution in [-0.4, -0.2) is 39.4 Å². The largest absolute Gasteiger partial charge is 0.394 e. The number of ketones is 1. The van der Waals surface area contributed by atoms with Gasteiger partial charge < -0.3 is 19.5 Å². The van der Waals surface area contributed by atoms with Crippen molar-refractivity contribution < 1.29 is 19.7 Å². The first-order valence-electron chi connectivity index (χ1n) is 6.99. The van der Waals surface area contributed by atoms with E-state index in [1.807, 2.05) is 0 Å². The fourth-order valence-corrected chi connectivity index (χ4v) is 4.16. The van der Waals surface area contributed by atoms with E-state index in [1.165, 1.54) is 6.92 Å². The minimum absolute atomic E-state index is 0.128. The SMILES string of the molecule is CC(=O)c1c(Br)n([C@H]2CC(O)[C@@H](CO)O2)c2cc(Cl)c(Cl)cc12. The number of hydrogen-bond donors (Lipinski definition) is 2. The van der Waals surface area contributed by atoms with Gasteiger partial charge in [-0.1, -0.05) is 23.2 Å². The third-order valence-corrected chi connectivity index (χ3v) is 5.51. The molecule has 3 atom stereocenters. The first-order valence-corrected chi connectivity index (χ1v) is 8.53. The molecule has 1 aromatic carbocycles. The summed E-state index contributed by atoms with van der Waals surface area (Å²) >= 11 is 15.6. The van der Waals surface area contributed by atoms with Crippen molar-refractivity contribution >= 4 is 55.8 Å². The Morgan fingerprint density at radius 3 is 2.65 bits per heavy atom. The number of carbonyl (C=O) groups is 1. The van der Waals surface area contributed by atoms with Crippen LogP contribution >= 0.6 is 39.1 Å². The lowest BCUT2D eigenvalue weighted by Crippen LogP contribution is -2.24. The second-order valence-corrected chi connectivity index (χ2v) is 7.06. The molecule has 1 fully saturated rings. The maximum Gasteiger partial charge on any atom is 0.163 e. The highest BCUT2D eigenvalue weighted by Crippen LogP contribution is 2.41. The minimum Gasteiger partial charge on any atom is -0.394 e. The zero-order valence-electron chi connectivity index (χ0n) is 12.1. The lowest BCUT2D eigenvalue weighted by Gasteiger charge is -2.16. The Morgan fingerprint density at radius 2 is 2.09 bits per heavy atom. The molecule has 0 radical (unpaired) electrons. The number of hydrogen-bond acceptors (Lipinski definition) is 4. The van der Waals surface area contributed by atoms with E-state index in [-0.39, 0.29) is 12.4 Å². The molecule has 0 saturated carbocycles. The Balaban J connectivity index is 2.23. The molecule has 1 saturated heterocycles. The Labute approximate surface area is 150 Å². The Kier molecular flexibility index (Phi) is 4.75. The fraction of sp³-hybridized carbons (Fsp3) is 0.400. The molecule has 0 spiro atoms. The average molecular weight is 423 g/mol. The van der Waals surface area contributed by atoms with Crippen LogP contribution in [0.15, 0.2) is 16.7 Å². The predicted octanol–water partition coefficient (Wildman–Crippen LogP) is 3.55. The van der Waals surface area contributed by atoms with Crippen molar-refractivity contribution in [1.82, 2.24) is 4.57 Å². The maximum absolute atomic E-state index is 12.0. The van der Waals surface area contributed by atoms with E-state index in [1.54, 1.807) is 16.7 Å². The lowest BCUT2D eigenvalue weighted by molar-refractivity contribution is -0.0435. The molecule has 1 unspecified atom stereocenters. The van der Waals surface area contributed by atoms with Gasteiger partial charge in [0.2, 0.25) is 0 Å². The summed E-state index contributed by atoms with van der Waals surface area (Å²) in [5, 5.41) is 20.6. The van der Waals surface area contributed by atoms with Crippen molar-refractivity contribution in [2.75, 3.05) is 6.61 Å². The van der Waals surface area contributed by atoms with Crippen LogP contribution in [0.25, 0.3) is 10.9 Å². The summed E-state index contributed by atoms with van der Waals surface area (Å²) < 4.78 is 8.00. The van der Waals surface area contributed by atoms with Crippen molar-refractivity contribution in [1.29, 1.82) is 0 Å². The summed E-state index contributed by atoms with van der Waals surface area (Å²) in [6.07, 6.45) is -1.67. The molecule has 2 N–H and O–H groups in total. The second-order valence-electron chi connectivity index (χ2n) is 5.49. The smallest absolute Gasteiger partial charge is 0.163 e. The van der Waals surface area contributed by atoms with Gasteiger partial charge in [0.25, 0.3) is 0 Å². The van der Waals surface area contributed by atoms with Crippen LogP contribution in [0.2, 0.25) is 10.0 Å². The zero-order valence-corrected chi connectivity index (χ0v) is 15.2. The van der Waals surface area contributed by atoms with Gasteiger partial charge >= 0.3 is 0 Å².